The molecule has 0 spiro atoms. The summed E-state index contributed by atoms with van der Waals surface area (Å²) in [6, 6.07) is 0. The predicted octanol–water partition coefficient (Wildman–Crippen LogP) is 4.46. The molecule has 0 amide bonds. The zero-order valence-corrected chi connectivity index (χ0v) is 12.2. The summed E-state index contributed by atoms with van der Waals surface area (Å²) in [5.74, 6) is 1.95. The van der Waals surface area contributed by atoms with Gasteiger partial charge in [-0.25, -0.2) is 0 Å². The highest BCUT2D eigenvalue weighted by atomic mass is 14.9. The Morgan fingerprint density at radius 3 is 2.39 bits per heavy atom. The Morgan fingerprint density at radius 2 is 1.72 bits per heavy atom. The minimum Gasteiger partial charge on any atom is -0.312 e. The van der Waals surface area contributed by atoms with E-state index in [9.17, 15) is 0 Å². The highest BCUT2D eigenvalue weighted by Gasteiger charge is 2.19. The predicted molar refractivity (Wildman–Crippen MR) is 79.7 cm³/mol. The third kappa shape index (κ3) is 3.98. The second kappa shape index (κ2) is 7.13. The number of allylic oxidation sites excluding steroid dienone is 2. The third-order valence-electron chi connectivity index (χ3n) is 4.81. The van der Waals surface area contributed by atoms with E-state index in [4.69, 9.17) is 0 Å². The fourth-order valence-corrected chi connectivity index (χ4v) is 3.32. The van der Waals surface area contributed by atoms with Crippen molar-refractivity contribution in [2.75, 3.05) is 13.1 Å². The summed E-state index contributed by atoms with van der Waals surface area (Å²) in [5, 5.41) is 3.68. The van der Waals surface area contributed by atoms with Crippen LogP contribution in [0, 0.1) is 11.8 Å². The maximum absolute atomic E-state index is 3.68. The maximum atomic E-state index is 3.68. The summed E-state index contributed by atoms with van der Waals surface area (Å²) in [6.07, 6.45) is 14.5. The molecule has 0 aromatic carbocycles. The molecule has 1 heteroatoms. The van der Waals surface area contributed by atoms with Crippen molar-refractivity contribution in [2.45, 2.75) is 58.8 Å². The number of nitrogens with one attached hydrogen (secondary N) is 1. The Hall–Kier alpha value is -0.560. The van der Waals surface area contributed by atoms with Crippen molar-refractivity contribution in [3.05, 3.63) is 23.3 Å². The van der Waals surface area contributed by atoms with Crippen molar-refractivity contribution in [1.29, 1.82) is 0 Å². The Bertz CT molecular complexity index is 306. The van der Waals surface area contributed by atoms with E-state index < -0.39 is 0 Å². The summed E-state index contributed by atoms with van der Waals surface area (Å²) in [4.78, 5) is 0. The van der Waals surface area contributed by atoms with E-state index in [0.29, 0.717) is 0 Å². The summed E-state index contributed by atoms with van der Waals surface area (Å²) < 4.78 is 0. The van der Waals surface area contributed by atoms with Gasteiger partial charge in [-0.1, -0.05) is 43.9 Å². The van der Waals surface area contributed by atoms with E-state index in [1.807, 2.05) is 0 Å². The van der Waals surface area contributed by atoms with Gasteiger partial charge in [0, 0.05) is 6.54 Å². The summed E-state index contributed by atoms with van der Waals surface area (Å²) in [7, 11) is 0. The molecule has 0 radical (unpaired) electrons. The SMILES string of the molecule is CCC1CCC(CNCC2=CCCC=C2C)CC1. The van der Waals surface area contributed by atoms with Gasteiger partial charge in [-0.3, -0.25) is 0 Å². The Morgan fingerprint density at radius 1 is 1.06 bits per heavy atom. The molecule has 0 bridgehead atoms. The van der Waals surface area contributed by atoms with E-state index in [1.165, 1.54) is 62.6 Å². The molecule has 1 N–H and O–H groups in total. The number of rotatable bonds is 5. The second-order valence-corrected chi connectivity index (χ2v) is 6.12. The monoisotopic (exact) mass is 247 g/mol. The Balaban J connectivity index is 1.64. The zero-order chi connectivity index (χ0) is 12.8. The lowest BCUT2D eigenvalue weighted by Crippen LogP contribution is -2.28. The van der Waals surface area contributed by atoms with Crippen LogP contribution in [0.15, 0.2) is 23.3 Å². The molecule has 0 saturated heterocycles. The lowest BCUT2D eigenvalue weighted by molar-refractivity contribution is 0.264. The van der Waals surface area contributed by atoms with Crippen molar-refractivity contribution in [1.82, 2.24) is 5.32 Å². The first-order valence-corrected chi connectivity index (χ1v) is 7.86. The zero-order valence-electron chi connectivity index (χ0n) is 12.2. The van der Waals surface area contributed by atoms with E-state index in [-0.39, 0.29) is 0 Å². The topological polar surface area (TPSA) is 12.0 Å². The van der Waals surface area contributed by atoms with Gasteiger partial charge in [0.15, 0.2) is 0 Å². The smallest absolute Gasteiger partial charge is 0.0204 e. The first-order valence-electron chi connectivity index (χ1n) is 7.86. The van der Waals surface area contributed by atoms with Gasteiger partial charge in [0.2, 0.25) is 0 Å². The van der Waals surface area contributed by atoms with Crippen LogP contribution < -0.4 is 5.32 Å². The van der Waals surface area contributed by atoms with Gasteiger partial charge in [-0.2, -0.15) is 0 Å². The fraction of sp³-hybridized carbons (Fsp3) is 0.765. The van der Waals surface area contributed by atoms with Gasteiger partial charge in [0.05, 0.1) is 0 Å². The van der Waals surface area contributed by atoms with E-state index in [0.717, 1.165) is 18.4 Å². The van der Waals surface area contributed by atoms with E-state index in [2.05, 4.69) is 31.3 Å². The van der Waals surface area contributed by atoms with Gasteiger partial charge in [0.25, 0.3) is 0 Å². The molecule has 0 aromatic rings. The summed E-state index contributed by atoms with van der Waals surface area (Å²) >= 11 is 0. The molecule has 102 valence electrons. The van der Waals surface area contributed by atoms with Crippen molar-refractivity contribution in [3.63, 3.8) is 0 Å². The van der Waals surface area contributed by atoms with Gasteiger partial charge < -0.3 is 5.32 Å². The molecule has 1 saturated carbocycles. The van der Waals surface area contributed by atoms with E-state index in [1.54, 1.807) is 0 Å². The lowest BCUT2D eigenvalue weighted by atomic mass is 9.81. The van der Waals surface area contributed by atoms with Crippen molar-refractivity contribution < 1.29 is 0 Å². The van der Waals surface area contributed by atoms with Crippen molar-refractivity contribution in [2.24, 2.45) is 11.8 Å². The first kappa shape index (κ1) is 13.9. The molecule has 0 heterocycles. The highest BCUT2D eigenvalue weighted by Crippen LogP contribution is 2.30. The van der Waals surface area contributed by atoms with E-state index >= 15 is 0 Å². The Kier molecular flexibility index (Phi) is 5.49. The Labute approximate surface area is 113 Å². The molecule has 18 heavy (non-hydrogen) atoms. The average Bonchev–Trinajstić information content (AvgIpc) is 2.42. The van der Waals surface area contributed by atoms with Crippen LogP contribution in [0.2, 0.25) is 0 Å². The first-order chi connectivity index (χ1) is 8.79. The quantitative estimate of drug-likeness (QED) is 0.756. The van der Waals surface area contributed by atoms with Crippen LogP contribution in [0.4, 0.5) is 0 Å². The molecule has 2 rings (SSSR count). The van der Waals surface area contributed by atoms with Gasteiger partial charge in [-0.05, 0) is 56.6 Å². The van der Waals surface area contributed by atoms with Gasteiger partial charge in [-0.15, -0.1) is 0 Å². The van der Waals surface area contributed by atoms with Crippen LogP contribution in [-0.2, 0) is 0 Å². The number of hydrogen-bond donors (Lipinski definition) is 1. The summed E-state index contributed by atoms with van der Waals surface area (Å²) in [5.41, 5.74) is 3.02. The summed E-state index contributed by atoms with van der Waals surface area (Å²) in [6.45, 7) is 6.89. The van der Waals surface area contributed by atoms with Crippen molar-refractivity contribution in [3.8, 4) is 0 Å². The molecular formula is C17H29N. The third-order valence-corrected chi connectivity index (χ3v) is 4.81. The molecule has 0 aliphatic heterocycles. The highest BCUT2D eigenvalue weighted by molar-refractivity contribution is 5.32. The molecule has 2 aliphatic carbocycles. The van der Waals surface area contributed by atoms with Crippen molar-refractivity contribution >= 4 is 0 Å². The van der Waals surface area contributed by atoms with Crippen LogP contribution in [0.1, 0.15) is 58.8 Å². The van der Waals surface area contributed by atoms with Crippen LogP contribution in [0.5, 0.6) is 0 Å². The lowest BCUT2D eigenvalue weighted by Gasteiger charge is -2.28. The minimum absolute atomic E-state index is 0.932. The minimum atomic E-state index is 0.932. The molecule has 1 fully saturated rings. The molecule has 0 atom stereocenters. The van der Waals surface area contributed by atoms with Crippen LogP contribution in [0.3, 0.4) is 0 Å². The molecule has 0 aromatic heterocycles. The average molecular weight is 247 g/mol. The molecule has 0 unspecified atom stereocenters. The fourth-order valence-electron chi connectivity index (χ4n) is 3.32. The van der Waals surface area contributed by atoms with Gasteiger partial charge in [0.1, 0.15) is 0 Å². The van der Waals surface area contributed by atoms with Crippen LogP contribution >= 0.6 is 0 Å². The normalized spacial score (nSPS) is 28.8. The van der Waals surface area contributed by atoms with Gasteiger partial charge >= 0.3 is 0 Å². The molecule has 2 aliphatic rings. The molecule has 1 nitrogen and oxygen atoms in total. The largest absolute Gasteiger partial charge is 0.312 e. The second-order valence-electron chi connectivity index (χ2n) is 6.12. The van der Waals surface area contributed by atoms with Crippen LogP contribution in [-0.4, -0.2) is 13.1 Å². The standard InChI is InChI=1S/C17H29N/c1-3-15-8-10-16(11-9-15)12-18-13-17-7-5-4-6-14(17)2/h6-7,15-16,18H,3-5,8-13H2,1-2H3. The molecular weight excluding hydrogens is 218 g/mol. The van der Waals surface area contributed by atoms with Crippen LogP contribution in [0.25, 0.3) is 0 Å². The number of hydrogen-bond acceptors (Lipinski definition) is 1. The maximum Gasteiger partial charge on any atom is 0.0204 e.